The number of hydrogen-bond acceptors (Lipinski definition) is 3. The number of carbonyl (C=O) groups excluding carboxylic acids is 1. The van der Waals surface area contributed by atoms with Gasteiger partial charge in [-0.3, -0.25) is 0 Å². The zero-order valence-electron chi connectivity index (χ0n) is 13.4. The van der Waals surface area contributed by atoms with E-state index >= 15 is 0 Å². The molecule has 0 amide bonds. The molecule has 0 aliphatic rings. The lowest BCUT2D eigenvalue weighted by Gasteiger charge is -2.09. The summed E-state index contributed by atoms with van der Waals surface area (Å²) < 4.78 is 12.8. The maximum absolute atomic E-state index is 12.8. The summed E-state index contributed by atoms with van der Waals surface area (Å²) in [6.45, 7) is 2.24. The molecule has 0 rings (SSSR count). The predicted octanol–water partition coefficient (Wildman–Crippen LogP) is 6.38. The first-order valence-electron chi connectivity index (χ1n) is 8.28. The van der Waals surface area contributed by atoms with Gasteiger partial charge in [0, 0.05) is 29.6 Å². The molecule has 1 nitrogen and oxygen atoms in total. The molecule has 0 bridgehead atoms. The fraction of sp³-hybridized carbons (Fsp3) is 0.824. The van der Waals surface area contributed by atoms with Crippen LogP contribution in [-0.2, 0) is 4.79 Å². The summed E-state index contributed by atoms with van der Waals surface area (Å²) in [6, 6.07) is 0. The third-order valence-electron chi connectivity index (χ3n) is 3.36. The van der Waals surface area contributed by atoms with Gasteiger partial charge in [-0.2, -0.15) is 15.6 Å². The van der Waals surface area contributed by atoms with Crippen molar-refractivity contribution in [3.05, 3.63) is 12.2 Å². The minimum atomic E-state index is 0.0698. The van der Waals surface area contributed by atoms with Crippen molar-refractivity contribution in [1.29, 1.82) is 0 Å². The lowest BCUT2D eigenvalue weighted by atomic mass is 10.1. The summed E-state index contributed by atoms with van der Waals surface area (Å²) in [7, 11) is 0. The summed E-state index contributed by atoms with van der Waals surface area (Å²) >= 11 is 2.14. The molecule has 0 aliphatic carbocycles. The highest BCUT2D eigenvalue weighted by Gasteiger charge is 2.08. The van der Waals surface area contributed by atoms with E-state index in [1.165, 1.54) is 38.5 Å². The Balaban J connectivity index is 3.39. The standard InChI is InChI=1S/C17H31FOS2/c1-2-3-4-5-6-7-8-9-10-11-13-17(21-18)16-20-15-12-14-19/h9-10,14,17H,2-8,11-13,15-16H2,1H3/b10-9-. The smallest absolute Gasteiger partial charge is 0.120 e. The first-order valence-corrected chi connectivity index (χ1v) is 10.2. The molecule has 0 aromatic rings. The van der Waals surface area contributed by atoms with Gasteiger partial charge in [0.05, 0.1) is 0 Å². The first-order chi connectivity index (χ1) is 10.3. The second-order valence-electron chi connectivity index (χ2n) is 5.35. The van der Waals surface area contributed by atoms with Gasteiger partial charge < -0.3 is 4.79 Å². The largest absolute Gasteiger partial charge is 0.303 e. The van der Waals surface area contributed by atoms with Crippen LogP contribution in [0.3, 0.4) is 0 Å². The summed E-state index contributed by atoms with van der Waals surface area (Å²) in [5, 5.41) is 0.0698. The molecule has 0 radical (unpaired) electrons. The highest BCUT2D eigenvalue weighted by Crippen LogP contribution is 2.22. The Bertz CT molecular complexity index is 247. The van der Waals surface area contributed by atoms with E-state index in [0.29, 0.717) is 18.6 Å². The zero-order valence-corrected chi connectivity index (χ0v) is 15.0. The molecule has 1 unspecified atom stereocenters. The fourth-order valence-electron chi connectivity index (χ4n) is 2.06. The molecule has 0 aliphatic heterocycles. The molecule has 0 heterocycles. The number of thioether (sulfide) groups is 1. The van der Waals surface area contributed by atoms with Crippen LogP contribution in [-0.4, -0.2) is 23.0 Å². The van der Waals surface area contributed by atoms with Crippen molar-refractivity contribution in [3.63, 3.8) is 0 Å². The van der Waals surface area contributed by atoms with Gasteiger partial charge in [-0.15, -0.1) is 0 Å². The molecular formula is C17H31FOS2. The lowest BCUT2D eigenvalue weighted by molar-refractivity contribution is -0.107. The van der Waals surface area contributed by atoms with Crippen molar-refractivity contribution in [1.82, 2.24) is 0 Å². The van der Waals surface area contributed by atoms with Crippen LogP contribution in [0.15, 0.2) is 12.2 Å². The SMILES string of the molecule is CCCCCCCC/C=C\CCC(CSCCC=O)SF. The summed E-state index contributed by atoms with van der Waals surface area (Å²) in [5.74, 6) is 1.62. The van der Waals surface area contributed by atoms with Crippen molar-refractivity contribution in [2.45, 2.75) is 76.4 Å². The molecule has 0 saturated carbocycles. The van der Waals surface area contributed by atoms with Crippen LogP contribution in [0, 0.1) is 0 Å². The molecule has 124 valence electrons. The molecule has 0 spiro atoms. The Labute approximate surface area is 139 Å². The zero-order chi connectivity index (χ0) is 15.6. The van der Waals surface area contributed by atoms with Gasteiger partial charge in [-0.05, 0) is 31.4 Å². The highest BCUT2D eigenvalue weighted by molar-refractivity contribution is 8.01. The number of allylic oxidation sites excluding steroid dienone is 2. The Kier molecular flexibility index (Phi) is 18.1. The van der Waals surface area contributed by atoms with Crippen molar-refractivity contribution >= 4 is 30.2 Å². The van der Waals surface area contributed by atoms with E-state index in [2.05, 4.69) is 19.1 Å². The van der Waals surface area contributed by atoms with Crippen LogP contribution in [0.5, 0.6) is 0 Å². The quantitative estimate of drug-likeness (QED) is 0.185. The number of hydrogen-bond donors (Lipinski definition) is 0. The third-order valence-corrected chi connectivity index (χ3v) is 5.38. The molecule has 0 saturated heterocycles. The van der Waals surface area contributed by atoms with Crippen LogP contribution in [0.4, 0.5) is 3.89 Å². The monoisotopic (exact) mass is 334 g/mol. The first kappa shape index (κ1) is 21.0. The Morgan fingerprint density at radius 1 is 1.00 bits per heavy atom. The lowest BCUT2D eigenvalue weighted by Crippen LogP contribution is -2.04. The highest BCUT2D eigenvalue weighted by atomic mass is 32.2. The summed E-state index contributed by atoms with van der Waals surface area (Å²) in [4.78, 5) is 10.2. The Morgan fingerprint density at radius 2 is 1.71 bits per heavy atom. The second-order valence-corrected chi connectivity index (χ2v) is 7.34. The van der Waals surface area contributed by atoms with E-state index in [-0.39, 0.29) is 5.25 Å². The maximum atomic E-state index is 12.8. The van der Waals surface area contributed by atoms with Gasteiger partial charge in [0.15, 0.2) is 0 Å². The fourth-order valence-corrected chi connectivity index (χ4v) is 3.64. The molecule has 21 heavy (non-hydrogen) atoms. The van der Waals surface area contributed by atoms with Crippen molar-refractivity contribution < 1.29 is 8.68 Å². The summed E-state index contributed by atoms with van der Waals surface area (Å²) in [5.41, 5.74) is 0. The van der Waals surface area contributed by atoms with Gasteiger partial charge in [0.25, 0.3) is 0 Å². The van der Waals surface area contributed by atoms with Crippen LogP contribution < -0.4 is 0 Å². The van der Waals surface area contributed by atoms with E-state index in [1.54, 1.807) is 11.8 Å². The second kappa shape index (κ2) is 18.1. The topological polar surface area (TPSA) is 17.1 Å². The van der Waals surface area contributed by atoms with Crippen molar-refractivity contribution in [2.75, 3.05) is 11.5 Å². The van der Waals surface area contributed by atoms with E-state index < -0.39 is 0 Å². The number of aldehydes is 1. The van der Waals surface area contributed by atoms with Crippen molar-refractivity contribution in [2.24, 2.45) is 0 Å². The number of unbranched alkanes of at least 4 members (excludes halogenated alkanes) is 6. The van der Waals surface area contributed by atoms with Crippen LogP contribution in [0.25, 0.3) is 0 Å². The maximum Gasteiger partial charge on any atom is 0.120 e. The average molecular weight is 335 g/mol. The minimum Gasteiger partial charge on any atom is -0.303 e. The average Bonchev–Trinajstić information content (AvgIpc) is 2.51. The van der Waals surface area contributed by atoms with Gasteiger partial charge in [-0.1, -0.05) is 51.2 Å². The number of carbonyl (C=O) groups is 1. The van der Waals surface area contributed by atoms with E-state index in [0.717, 1.165) is 37.1 Å². The molecular weight excluding hydrogens is 303 g/mol. The van der Waals surface area contributed by atoms with Gasteiger partial charge >= 0.3 is 0 Å². The van der Waals surface area contributed by atoms with E-state index in [4.69, 9.17) is 0 Å². The van der Waals surface area contributed by atoms with Gasteiger partial charge in [-0.25, -0.2) is 0 Å². The molecule has 0 aromatic heterocycles. The van der Waals surface area contributed by atoms with Gasteiger partial charge in [0.2, 0.25) is 0 Å². The predicted molar refractivity (Wildman–Crippen MR) is 96.9 cm³/mol. The molecule has 1 atom stereocenters. The number of halogens is 1. The Morgan fingerprint density at radius 3 is 2.43 bits per heavy atom. The van der Waals surface area contributed by atoms with Crippen molar-refractivity contribution in [3.8, 4) is 0 Å². The normalized spacial score (nSPS) is 12.9. The van der Waals surface area contributed by atoms with Crippen LogP contribution in [0.1, 0.15) is 71.1 Å². The Hall–Kier alpha value is 0.0400. The van der Waals surface area contributed by atoms with Crippen LogP contribution in [0.2, 0.25) is 0 Å². The van der Waals surface area contributed by atoms with Gasteiger partial charge in [0.1, 0.15) is 6.29 Å². The van der Waals surface area contributed by atoms with E-state index in [1.807, 2.05) is 0 Å². The minimum absolute atomic E-state index is 0.0698. The molecule has 0 N–H and O–H groups in total. The molecule has 0 fully saturated rings. The van der Waals surface area contributed by atoms with E-state index in [9.17, 15) is 8.68 Å². The molecule has 4 heteroatoms. The third kappa shape index (κ3) is 16.2. The number of rotatable bonds is 16. The molecule has 0 aromatic carbocycles. The summed E-state index contributed by atoms with van der Waals surface area (Å²) in [6.07, 6.45) is 17.0. The van der Waals surface area contributed by atoms with Crippen LogP contribution >= 0.6 is 23.9 Å².